The number of fused-ring (bicyclic) bond motifs is 1. The SMILES string of the molecule is COC(=O)C=C[C@@H](C)[C@H]1CCC2[C@@H](O[Si](C)(C)C)CCC[C@@]21C. The largest absolute Gasteiger partial charge is 0.466 e. The number of rotatable bonds is 5. The molecule has 0 N–H and O–H groups in total. The number of esters is 1. The molecule has 0 saturated heterocycles. The number of hydrogen-bond donors (Lipinski definition) is 0. The van der Waals surface area contributed by atoms with Crippen LogP contribution in [0.15, 0.2) is 12.2 Å². The summed E-state index contributed by atoms with van der Waals surface area (Å²) in [5.74, 6) is 1.48. The van der Waals surface area contributed by atoms with Gasteiger partial charge >= 0.3 is 5.97 Å². The fraction of sp³-hybridized carbons (Fsp3) is 0.842. The van der Waals surface area contributed by atoms with E-state index in [1.54, 1.807) is 6.08 Å². The topological polar surface area (TPSA) is 35.5 Å². The van der Waals surface area contributed by atoms with Crippen LogP contribution < -0.4 is 0 Å². The van der Waals surface area contributed by atoms with Crippen molar-refractivity contribution in [1.82, 2.24) is 0 Å². The minimum Gasteiger partial charge on any atom is -0.466 e. The Morgan fingerprint density at radius 3 is 2.57 bits per heavy atom. The third-order valence-corrected chi connectivity index (χ3v) is 7.02. The molecule has 2 fully saturated rings. The lowest BCUT2D eigenvalue weighted by atomic mass is 9.62. The van der Waals surface area contributed by atoms with Crippen LogP contribution in [-0.2, 0) is 14.0 Å². The van der Waals surface area contributed by atoms with Crippen molar-refractivity contribution in [3.8, 4) is 0 Å². The van der Waals surface area contributed by atoms with Crippen LogP contribution in [0.1, 0.15) is 46.0 Å². The molecule has 5 atom stereocenters. The maximum Gasteiger partial charge on any atom is 0.330 e. The van der Waals surface area contributed by atoms with Gasteiger partial charge in [-0.25, -0.2) is 4.79 Å². The van der Waals surface area contributed by atoms with Crippen LogP contribution >= 0.6 is 0 Å². The molecule has 0 heterocycles. The van der Waals surface area contributed by atoms with E-state index >= 15 is 0 Å². The summed E-state index contributed by atoms with van der Waals surface area (Å²) in [7, 11) is -0.0626. The second kappa shape index (κ2) is 7.10. The molecule has 2 aliphatic rings. The monoisotopic (exact) mass is 338 g/mol. The highest BCUT2D eigenvalue weighted by Gasteiger charge is 2.53. The molecule has 2 aliphatic carbocycles. The van der Waals surface area contributed by atoms with E-state index in [4.69, 9.17) is 9.16 Å². The van der Waals surface area contributed by atoms with Crippen LogP contribution in [0.4, 0.5) is 0 Å². The van der Waals surface area contributed by atoms with Crippen molar-refractivity contribution in [3.63, 3.8) is 0 Å². The van der Waals surface area contributed by atoms with Gasteiger partial charge in [0.2, 0.25) is 0 Å². The van der Waals surface area contributed by atoms with Gasteiger partial charge in [0.15, 0.2) is 8.32 Å². The second-order valence-corrected chi connectivity index (χ2v) is 13.2. The number of methoxy groups -OCH3 is 1. The van der Waals surface area contributed by atoms with Crippen molar-refractivity contribution in [3.05, 3.63) is 12.2 Å². The first-order chi connectivity index (χ1) is 10.7. The van der Waals surface area contributed by atoms with Gasteiger partial charge in [-0.3, -0.25) is 0 Å². The van der Waals surface area contributed by atoms with E-state index in [2.05, 4.69) is 33.5 Å². The van der Waals surface area contributed by atoms with Gasteiger partial charge in [0.1, 0.15) is 0 Å². The normalized spacial score (nSPS) is 36.0. The molecule has 2 saturated carbocycles. The molecule has 3 nitrogen and oxygen atoms in total. The lowest BCUT2D eigenvalue weighted by Gasteiger charge is -2.47. The Balaban J connectivity index is 2.11. The number of carbonyl (C=O) groups excluding carboxylic acids is 1. The first kappa shape index (κ1) is 18.7. The maximum atomic E-state index is 11.4. The zero-order valence-electron chi connectivity index (χ0n) is 15.7. The number of ether oxygens (including phenoxy) is 1. The fourth-order valence-electron chi connectivity index (χ4n) is 5.05. The molecule has 2 rings (SSSR count). The van der Waals surface area contributed by atoms with Gasteiger partial charge in [0, 0.05) is 12.2 Å². The summed E-state index contributed by atoms with van der Waals surface area (Å²) in [5, 5.41) is 0. The third-order valence-electron chi connectivity index (χ3n) is 6.01. The van der Waals surface area contributed by atoms with Crippen molar-refractivity contribution in [2.24, 2.45) is 23.2 Å². The molecule has 0 aromatic heterocycles. The van der Waals surface area contributed by atoms with Gasteiger partial charge in [-0.05, 0) is 68.5 Å². The van der Waals surface area contributed by atoms with E-state index < -0.39 is 8.32 Å². The zero-order chi connectivity index (χ0) is 17.3. The van der Waals surface area contributed by atoms with E-state index in [1.165, 1.54) is 39.2 Å². The number of carbonyl (C=O) groups is 1. The van der Waals surface area contributed by atoms with Crippen molar-refractivity contribution in [2.45, 2.75) is 71.7 Å². The molecule has 0 aromatic rings. The molecule has 0 amide bonds. The Morgan fingerprint density at radius 1 is 1.26 bits per heavy atom. The van der Waals surface area contributed by atoms with Crippen LogP contribution in [0.3, 0.4) is 0 Å². The third kappa shape index (κ3) is 4.27. The Kier molecular flexibility index (Phi) is 5.78. The molecule has 23 heavy (non-hydrogen) atoms. The molecular weight excluding hydrogens is 304 g/mol. The molecule has 0 aromatic carbocycles. The average Bonchev–Trinajstić information content (AvgIpc) is 2.81. The second-order valence-electron chi connectivity index (χ2n) is 8.70. The van der Waals surface area contributed by atoms with Crippen molar-refractivity contribution in [2.75, 3.05) is 7.11 Å². The van der Waals surface area contributed by atoms with Crippen molar-refractivity contribution < 1.29 is 14.0 Å². The van der Waals surface area contributed by atoms with Gasteiger partial charge < -0.3 is 9.16 Å². The summed E-state index contributed by atoms with van der Waals surface area (Å²) < 4.78 is 11.3. The first-order valence-corrected chi connectivity index (χ1v) is 12.5. The van der Waals surface area contributed by atoms with Gasteiger partial charge in [0.05, 0.1) is 7.11 Å². The first-order valence-electron chi connectivity index (χ1n) is 9.11. The average molecular weight is 339 g/mol. The highest BCUT2D eigenvalue weighted by molar-refractivity contribution is 6.69. The Bertz CT molecular complexity index is 454. The van der Waals surface area contributed by atoms with Crippen LogP contribution in [0.25, 0.3) is 0 Å². The van der Waals surface area contributed by atoms with E-state index in [1.807, 2.05) is 6.08 Å². The lowest BCUT2D eigenvalue weighted by molar-refractivity contribution is -0.134. The summed E-state index contributed by atoms with van der Waals surface area (Å²) in [4.78, 5) is 11.4. The van der Waals surface area contributed by atoms with Crippen LogP contribution in [0, 0.1) is 23.2 Å². The van der Waals surface area contributed by atoms with E-state index in [-0.39, 0.29) is 5.97 Å². The summed E-state index contributed by atoms with van der Waals surface area (Å²) in [6.45, 7) is 11.6. The van der Waals surface area contributed by atoms with Crippen molar-refractivity contribution >= 4 is 14.3 Å². The summed E-state index contributed by atoms with van der Waals surface area (Å²) in [5.41, 5.74) is 0.350. The number of hydrogen-bond acceptors (Lipinski definition) is 3. The fourth-order valence-corrected chi connectivity index (χ4v) is 6.24. The summed E-state index contributed by atoms with van der Waals surface area (Å²) in [6.07, 6.45) is 10.4. The molecule has 1 unspecified atom stereocenters. The molecule has 0 radical (unpaired) electrons. The Labute approximate surface area is 142 Å². The maximum absolute atomic E-state index is 11.4. The summed E-state index contributed by atoms with van der Waals surface area (Å²) in [6, 6.07) is 0. The minimum atomic E-state index is -1.50. The molecule has 132 valence electrons. The predicted octanol–water partition coefficient (Wildman–Crippen LogP) is 4.79. The van der Waals surface area contributed by atoms with Crippen LogP contribution in [-0.4, -0.2) is 27.5 Å². The molecule has 4 heteroatoms. The van der Waals surface area contributed by atoms with Crippen LogP contribution in [0.5, 0.6) is 0 Å². The van der Waals surface area contributed by atoms with Crippen molar-refractivity contribution in [1.29, 1.82) is 0 Å². The highest BCUT2D eigenvalue weighted by Crippen LogP contribution is 2.58. The molecule has 0 aliphatic heterocycles. The van der Waals surface area contributed by atoms with Gasteiger partial charge in [-0.15, -0.1) is 0 Å². The van der Waals surface area contributed by atoms with Gasteiger partial charge in [0.25, 0.3) is 0 Å². The summed E-state index contributed by atoms with van der Waals surface area (Å²) >= 11 is 0. The smallest absolute Gasteiger partial charge is 0.330 e. The number of allylic oxidation sites excluding steroid dienone is 1. The standard InChI is InChI=1S/C19H34O3Si/c1-14(9-12-18(20)21-3)15-10-11-16-17(22-23(4,5)6)8-7-13-19(15,16)2/h9,12,14-17H,7-8,10-11,13H2,1-6H3/t14-,15-,16?,17+,19-/m1/s1. The lowest BCUT2D eigenvalue weighted by Crippen LogP contribution is -2.46. The van der Waals surface area contributed by atoms with E-state index in [0.717, 1.165) is 0 Å². The molecule has 0 spiro atoms. The van der Waals surface area contributed by atoms with Crippen LogP contribution in [0.2, 0.25) is 19.6 Å². The molecule has 0 bridgehead atoms. The van der Waals surface area contributed by atoms with Gasteiger partial charge in [-0.1, -0.05) is 26.3 Å². The van der Waals surface area contributed by atoms with E-state index in [0.29, 0.717) is 29.3 Å². The quantitative estimate of drug-likeness (QED) is 0.411. The Morgan fingerprint density at radius 2 is 1.96 bits per heavy atom. The minimum absolute atomic E-state index is 0.250. The highest BCUT2D eigenvalue weighted by atomic mass is 28.4. The van der Waals surface area contributed by atoms with Gasteiger partial charge in [-0.2, -0.15) is 0 Å². The Hall–Kier alpha value is -0.613. The zero-order valence-corrected chi connectivity index (χ0v) is 16.7. The predicted molar refractivity (Wildman–Crippen MR) is 96.7 cm³/mol. The molecular formula is C19H34O3Si. The van der Waals surface area contributed by atoms with E-state index in [9.17, 15) is 4.79 Å².